The van der Waals surface area contributed by atoms with Gasteiger partial charge in [0.1, 0.15) is 11.5 Å². The Hall–Kier alpha value is -1.62. The molecular weight excluding hydrogens is 324 g/mol. The molecule has 5 heteroatoms. The van der Waals surface area contributed by atoms with Crippen LogP contribution in [0.4, 0.5) is 0 Å². The van der Waals surface area contributed by atoms with E-state index >= 15 is 0 Å². The number of allylic oxidation sites excluding steroid dienone is 1. The summed E-state index contributed by atoms with van der Waals surface area (Å²) in [7, 11) is 0. The van der Waals surface area contributed by atoms with Crippen molar-refractivity contribution in [1.29, 1.82) is 0 Å². The largest absolute Gasteiger partial charge is 0.483 e. The zero-order valence-electron chi connectivity index (χ0n) is 14.9. The molecule has 2 rings (SSSR count). The van der Waals surface area contributed by atoms with Gasteiger partial charge >= 0.3 is 0 Å². The average Bonchev–Trinajstić information content (AvgIpc) is 3.14. The van der Waals surface area contributed by atoms with Gasteiger partial charge in [0, 0.05) is 0 Å². The molecule has 4 nitrogen and oxygen atoms in total. The highest BCUT2D eigenvalue weighted by Gasteiger charge is 2.31. The molecule has 1 aromatic rings. The summed E-state index contributed by atoms with van der Waals surface area (Å²) in [6.07, 6.45) is 3.72. The van der Waals surface area contributed by atoms with Crippen LogP contribution in [0, 0.1) is 0 Å². The van der Waals surface area contributed by atoms with Gasteiger partial charge < -0.3 is 9.47 Å². The Morgan fingerprint density at radius 1 is 1.42 bits per heavy atom. The molecule has 0 N–H and O–H groups in total. The highest BCUT2D eigenvalue weighted by atomic mass is 32.1. The molecule has 1 aliphatic rings. The van der Waals surface area contributed by atoms with Gasteiger partial charge in [-0.15, -0.1) is 11.3 Å². The number of Topliss-reactive ketones (excluding diaryl/α,β-unsaturated/α-hetero) is 2. The van der Waals surface area contributed by atoms with Crippen molar-refractivity contribution in [3.8, 4) is 0 Å². The van der Waals surface area contributed by atoms with Gasteiger partial charge in [-0.1, -0.05) is 19.8 Å². The molecule has 2 heterocycles. The maximum absolute atomic E-state index is 12.7. The number of thiophene rings is 1. The third kappa shape index (κ3) is 4.47. The van der Waals surface area contributed by atoms with E-state index in [1.54, 1.807) is 13.8 Å². The minimum Gasteiger partial charge on any atom is -0.483 e. The SMILES string of the molecule is CCCCCc1ccsc1C(=O)C(C)OC1=C(C)OC(C(C)=O)C1. The molecule has 0 fully saturated rings. The van der Waals surface area contributed by atoms with Gasteiger partial charge in [0.15, 0.2) is 18.0 Å². The Balaban J connectivity index is 1.99. The first kappa shape index (κ1) is 18.7. The fourth-order valence-corrected chi connectivity index (χ4v) is 3.73. The molecule has 0 aromatic carbocycles. The van der Waals surface area contributed by atoms with Crippen LogP contribution in [-0.2, 0) is 20.7 Å². The van der Waals surface area contributed by atoms with Crippen molar-refractivity contribution in [2.45, 2.75) is 72.0 Å². The van der Waals surface area contributed by atoms with Crippen LogP contribution in [0.2, 0.25) is 0 Å². The standard InChI is InChI=1S/C19H26O4S/c1-5-6-7-8-15-9-10-24-19(15)18(21)14(4)23-17-11-16(12(2)20)22-13(17)3/h9-10,14,16H,5-8,11H2,1-4H3. The third-order valence-corrected chi connectivity index (χ3v) is 5.22. The van der Waals surface area contributed by atoms with Crippen molar-refractivity contribution in [2.75, 3.05) is 0 Å². The van der Waals surface area contributed by atoms with Gasteiger partial charge in [-0.05, 0) is 50.6 Å². The van der Waals surface area contributed by atoms with Gasteiger partial charge in [0.05, 0.1) is 11.3 Å². The molecule has 1 aliphatic heterocycles. The van der Waals surface area contributed by atoms with Gasteiger partial charge in [-0.3, -0.25) is 9.59 Å². The normalized spacial score (nSPS) is 18.4. The number of carbonyl (C=O) groups excluding carboxylic acids is 2. The highest BCUT2D eigenvalue weighted by Crippen LogP contribution is 2.29. The van der Waals surface area contributed by atoms with Crippen LogP contribution < -0.4 is 0 Å². The van der Waals surface area contributed by atoms with Crippen molar-refractivity contribution in [1.82, 2.24) is 0 Å². The minimum atomic E-state index is -0.576. The number of rotatable bonds is 9. The van der Waals surface area contributed by atoms with Gasteiger partial charge in [0.25, 0.3) is 0 Å². The summed E-state index contributed by atoms with van der Waals surface area (Å²) in [5.74, 6) is 1.19. The van der Waals surface area contributed by atoms with Crippen molar-refractivity contribution >= 4 is 22.9 Å². The number of carbonyl (C=O) groups is 2. The van der Waals surface area contributed by atoms with Crippen LogP contribution in [0.3, 0.4) is 0 Å². The van der Waals surface area contributed by atoms with E-state index in [9.17, 15) is 9.59 Å². The van der Waals surface area contributed by atoms with Crippen LogP contribution >= 0.6 is 11.3 Å². The minimum absolute atomic E-state index is 0.00285. The molecule has 0 aliphatic carbocycles. The van der Waals surface area contributed by atoms with E-state index in [0.717, 1.165) is 29.7 Å². The lowest BCUT2D eigenvalue weighted by Gasteiger charge is -2.14. The predicted molar refractivity (Wildman–Crippen MR) is 95.3 cm³/mol. The molecule has 2 atom stereocenters. The van der Waals surface area contributed by atoms with Crippen molar-refractivity contribution < 1.29 is 19.1 Å². The number of hydrogen-bond acceptors (Lipinski definition) is 5. The Labute approximate surface area is 147 Å². The van der Waals surface area contributed by atoms with Crippen LogP contribution in [0.5, 0.6) is 0 Å². The number of hydrogen-bond donors (Lipinski definition) is 0. The van der Waals surface area contributed by atoms with Crippen LogP contribution in [0.1, 0.15) is 68.6 Å². The van der Waals surface area contributed by atoms with Crippen LogP contribution in [0.15, 0.2) is 23.0 Å². The smallest absolute Gasteiger partial charge is 0.213 e. The first-order chi connectivity index (χ1) is 11.4. The molecule has 0 bridgehead atoms. The second kappa shape index (κ2) is 8.47. The number of unbranched alkanes of at least 4 members (excludes halogenated alkanes) is 2. The molecule has 132 valence electrons. The molecule has 24 heavy (non-hydrogen) atoms. The number of ether oxygens (including phenoxy) is 2. The Morgan fingerprint density at radius 2 is 2.17 bits per heavy atom. The topological polar surface area (TPSA) is 52.6 Å². The van der Waals surface area contributed by atoms with E-state index in [1.165, 1.54) is 24.7 Å². The van der Waals surface area contributed by atoms with Gasteiger partial charge in [-0.25, -0.2) is 0 Å². The first-order valence-corrected chi connectivity index (χ1v) is 9.46. The molecule has 1 aromatic heterocycles. The van der Waals surface area contributed by atoms with E-state index in [-0.39, 0.29) is 11.6 Å². The highest BCUT2D eigenvalue weighted by molar-refractivity contribution is 7.12. The molecule has 0 saturated carbocycles. The van der Waals surface area contributed by atoms with E-state index in [1.807, 2.05) is 11.4 Å². The fraction of sp³-hybridized carbons (Fsp3) is 0.579. The zero-order chi connectivity index (χ0) is 17.7. The number of aryl methyl sites for hydroxylation is 1. The van der Waals surface area contributed by atoms with E-state index in [2.05, 4.69) is 6.92 Å². The third-order valence-electron chi connectivity index (χ3n) is 4.24. The quantitative estimate of drug-likeness (QED) is 0.479. The zero-order valence-corrected chi connectivity index (χ0v) is 15.7. The van der Waals surface area contributed by atoms with Crippen LogP contribution in [-0.4, -0.2) is 23.8 Å². The molecule has 2 unspecified atom stereocenters. The Bertz CT molecular complexity index is 629. The Kier molecular flexibility index (Phi) is 6.60. The van der Waals surface area contributed by atoms with Gasteiger partial charge in [-0.2, -0.15) is 0 Å². The first-order valence-electron chi connectivity index (χ1n) is 8.58. The van der Waals surface area contributed by atoms with Gasteiger partial charge in [0.2, 0.25) is 5.78 Å². The lowest BCUT2D eigenvalue weighted by molar-refractivity contribution is -0.124. The summed E-state index contributed by atoms with van der Waals surface area (Å²) in [4.78, 5) is 25.0. The van der Waals surface area contributed by atoms with E-state index in [0.29, 0.717) is 17.9 Å². The maximum Gasteiger partial charge on any atom is 0.213 e. The summed E-state index contributed by atoms with van der Waals surface area (Å²) in [5, 5.41) is 1.97. The summed E-state index contributed by atoms with van der Waals surface area (Å²) < 4.78 is 11.3. The van der Waals surface area contributed by atoms with Crippen molar-refractivity contribution in [2.24, 2.45) is 0 Å². The summed E-state index contributed by atoms with van der Waals surface area (Å²) in [6, 6.07) is 2.04. The second-order valence-corrected chi connectivity index (χ2v) is 7.17. The molecule has 0 spiro atoms. The lowest BCUT2D eigenvalue weighted by atomic mass is 10.0. The average molecular weight is 350 g/mol. The molecule has 0 amide bonds. The maximum atomic E-state index is 12.7. The van der Waals surface area contributed by atoms with Crippen molar-refractivity contribution in [3.63, 3.8) is 0 Å². The monoisotopic (exact) mass is 350 g/mol. The molecular formula is C19H26O4S. The number of ketones is 2. The van der Waals surface area contributed by atoms with E-state index < -0.39 is 12.2 Å². The van der Waals surface area contributed by atoms with Crippen molar-refractivity contribution in [3.05, 3.63) is 33.4 Å². The van der Waals surface area contributed by atoms with Crippen LogP contribution in [0.25, 0.3) is 0 Å². The predicted octanol–water partition coefficient (Wildman–Crippen LogP) is 4.68. The molecule has 0 saturated heterocycles. The Morgan fingerprint density at radius 3 is 2.79 bits per heavy atom. The summed E-state index contributed by atoms with van der Waals surface area (Å²) in [5.41, 5.74) is 1.11. The fourth-order valence-electron chi connectivity index (χ4n) is 2.76. The molecule has 0 radical (unpaired) electrons. The lowest BCUT2D eigenvalue weighted by Crippen LogP contribution is -2.22. The summed E-state index contributed by atoms with van der Waals surface area (Å²) >= 11 is 1.48. The van der Waals surface area contributed by atoms with E-state index in [4.69, 9.17) is 9.47 Å². The second-order valence-electron chi connectivity index (χ2n) is 6.26. The summed E-state index contributed by atoms with van der Waals surface area (Å²) in [6.45, 7) is 7.21.